The first-order valence-electron chi connectivity index (χ1n) is 14.4. The van der Waals surface area contributed by atoms with Gasteiger partial charge in [-0.25, -0.2) is 0 Å². The molecule has 1 aromatic heterocycles. The molecule has 2 nitrogen and oxygen atoms in total. The van der Waals surface area contributed by atoms with Gasteiger partial charge in [-0.1, -0.05) is 121 Å². The molecule has 0 aliphatic rings. The van der Waals surface area contributed by atoms with Crippen molar-refractivity contribution >= 4 is 82.1 Å². The highest BCUT2D eigenvalue weighted by atomic mass is 16.3. The second-order valence-corrected chi connectivity index (χ2v) is 10.9. The van der Waals surface area contributed by atoms with Crippen molar-refractivity contribution in [3.8, 4) is 0 Å². The summed E-state index contributed by atoms with van der Waals surface area (Å²) < 4.78 is 6.40. The van der Waals surface area contributed by atoms with Gasteiger partial charge >= 0.3 is 0 Å². The van der Waals surface area contributed by atoms with Gasteiger partial charge in [0.1, 0.15) is 11.2 Å². The molecule has 0 unspecified atom stereocenters. The zero-order valence-corrected chi connectivity index (χ0v) is 22.8. The second-order valence-electron chi connectivity index (χ2n) is 10.9. The highest BCUT2D eigenvalue weighted by Gasteiger charge is 2.23. The molecule has 9 aromatic rings. The van der Waals surface area contributed by atoms with Crippen LogP contribution in [0.25, 0.3) is 65.0 Å². The van der Waals surface area contributed by atoms with E-state index in [2.05, 4.69) is 150 Å². The third kappa shape index (κ3) is 3.33. The molecule has 0 bridgehead atoms. The average molecular weight is 536 g/mol. The van der Waals surface area contributed by atoms with E-state index in [9.17, 15) is 0 Å². The van der Waals surface area contributed by atoms with Crippen molar-refractivity contribution in [2.24, 2.45) is 0 Å². The SMILES string of the molecule is c1ccc2c(c1)cc(N(c1cc3ccccc3c3ccccc13)c1cccc3oc4ccccc4c13)c1ccccc12. The van der Waals surface area contributed by atoms with E-state index < -0.39 is 0 Å². The van der Waals surface area contributed by atoms with Crippen LogP contribution < -0.4 is 4.90 Å². The van der Waals surface area contributed by atoms with Crippen molar-refractivity contribution in [1.29, 1.82) is 0 Å². The van der Waals surface area contributed by atoms with Crippen molar-refractivity contribution in [1.82, 2.24) is 0 Å². The number of nitrogens with zero attached hydrogens (tertiary/aromatic N) is 1. The summed E-state index contributed by atoms with van der Waals surface area (Å²) in [6, 6.07) is 54.4. The van der Waals surface area contributed by atoms with E-state index in [-0.39, 0.29) is 0 Å². The largest absolute Gasteiger partial charge is 0.456 e. The van der Waals surface area contributed by atoms with E-state index >= 15 is 0 Å². The Bertz CT molecular complexity index is 2370. The number of hydrogen-bond acceptors (Lipinski definition) is 2. The summed E-state index contributed by atoms with van der Waals surface area (Å²) in [6.07, 6.45) is 0. The van der Waals surface area contributed by atoms with Crippen molar-refractivity contribution in [2.75, 3.05) is 4.90 Å². The van der Waals surface area contributed by atoms with E-state index in [0.717, 1.165) is 39.0 Å². The Morgan fingerprint density at radius 1 is 0.333 bits per heavy atom. The van der Waals surface area contributed by atoms with E-state index in [4.69, 9.17) is 4.42 Å². The summed E-state index contributed by atoms with van der Waals surface area (Å²) in [4.78, 5) is 2.47. The van der Waals surface area contributed by atoms with Crippen molar-refractivity contribution in [2.45, 2.75) is 0 Å². The summed E-state index contributed by atoms with van der Waals surface area (Å²) >= 11 is 0. The molecule has 42 heavy (non-hydrogen) atoms. The van der Waals surface area contributed by atoms with Gasteiger partial charge in [0.05, 0.1) is 22.4 Å². The van der Waals surface area contributed by atoms with Gasteiger partial charge in [0.2, 0.25) is 0 Å². The molecule has 0 saturated heterocycles. The molecular formula is C40H25NO. The Labute approximate surface area is 242 Å². The quantitative estimate of drug-likeness (QED) is 0.209. The maximum atomic E-state index is 6.40. The molecule has 0 fully saturated rings. The first-order valence-corrected chi connectivity index (χ1v) is 14.4. The predicted molar refractivity (Wildman–Crippen MR) is 178 cm³/mol. The molecule has 9 rings (SSSR count). The van der Waals surface area contributed by atoms with Gasteiger partial charge in [0.25, 0.3) is 0 Å². The molecule has 0 N–H and O–H groups in total. The lowest BCUT2D eigenvalue weighted by atomic mass is 9.96. The Kier molecular flexibility index (Phi) is 4.93. The Balaban J connectivity index is 1.50. The lowest BCUT2D eigenvalue weighted by molar-refractivity contribution is 0.669. The van der Waals surface area contributed by atoms with Crippen LogP contribution in [-0.4, -0.2) is 0 Å². The lowest BCUT2D eigenvalue weighted by Crippen LogP contribution is -2.12. The molecule has 0 saturated carbocycles. The summed E-state index contributed by atoms with van der Waals surface area (Å²) in [5, 5.41) is 12.1. The summed E-state index contributed by atoms with van der Waals surface area (Å²) in [5.74, 6) is 0. The van der Waals surface area contributed by atoms with E-state index in [1.165, 1.54) is 43.1 Å². The predicted octanol–water partition coefficient (Wildman–Crippen LogP) is 11.7. The molecule has 0 amide bonds. The molecule has 196 valence electrons. The van der Waals surface area contributed by atoms with Gasteiger partial charge in [0.15, 0.2) is 0 Å². The van der Waals surface area contributed by atoms with Crippen LogP contribution in [0.4, 0.5) is 17.1 Å². The monoisotopic (exact) mass is 535 g/mol. The van der Waals surface area contributed by atoms with Gasteiger partial charge in [-0.3, -0.25) is 0 Å². The van der Waals surface area contributed by atoms with Gasteiger partial charge in [0, 0.05) is 16.2 Å². The molecule has 0 aliphatic heterocycles. The number of fused-ring (bicyclic) bond motifs is 9. The standard InChI is InChI=1S/C40H25NO/c1-3-14-28-26(12-1)24-36(32-18-7-5-16-30(28)32)41(35-21-11-23-39-40(35)34-20-9-10-22-38(34)42-39)37-25-27-13-2-4-15-29(27)31-17-6-8-19-33(31)37/h1-25H. The maximum Gasteiger partial charge on any atom is 0.137 e. The average Bonchev–Trinajstić information content (AvgIpc) is 3.44. The third-order valence-electron chi connectivity index (χ3n) is 8.60. The molecule has 2 heteroatoms. The molecule has 1 heterocycles. The summed E-state index contributed by atoms with van der Waals surface area (Å²) in [5.41, 5.74) is 5.16. The highest BCUT2D eigenvalue weighted by molar-refractivity contribution is 6.21. The molecule has 0 spiro atoms. The second kappa shape index (κ2) is 8.95. The van der Waals surface area contributed by atoms with Crippen molar-refractivity contribution < 1.29 is 4.42 Å². The zero-order valence-electron chi connectivity index (χ0n) is 22.8. The molecule has 0 aliphatic carbocycles. The topological polar surface area (TPSA) is 16.4 Å². The number of benzene rings is 8. The lowest BCUT2D eigenvalue weighted by Gasteiger charge is -2.30. The number of rotatable bonds is 3. The van der Waals surface area contributed by atoms with Crippen molar-refractivity contribution in [3.63, 3.8) is 0 Å². The molecular weight excluding hydrogens is 510 g/mol. The Hall–Kier alpha value is -5.60. The fraction of sp³-hybridized carbons (Fsp3) is 0. The Morgan fingerprint density at radius 3 is 1.38 bits per heavy atom. The van der Waals surface area contributed by atoms with Crippen LogP contribution >= 0.6 is 0 Å². The zero-order chi connectivity index (χ0) is 27.6. The van der Waals surface area contributed by atoms with E-state index in [1.54, 1.807) is 0 Å². The van der Waals surface area contributed by atoms with Crippen LogP contribution in [-0.2, 0) is 0 Å². The van der Waals surface area contributed by atoms with Gasteiger partial charge in [-0.05, 0) is 62.6 Å². The molecule has 0 atom stereocenters. The molecule has 0 radical (unpaired) electrons. The summed E-state index contributed by atoms with van der Waals surface area (Å²) in [7, 11) is 0. The minimum atomic E-state index is 0.883. The number of furan rings is 1. The third-order valence-corrected chi connectivity index (χ3v) is 8.60. The van der Waals surface area contributed by atoms with Gasteiger partial charge in [-0.2, -0.15) is 0 Å². The minimum Gasteiger partial charge on any atom is -0.456 e. The number of para-hydroxylation sites is 1. The van der Waals surface area contributed by atoms with E-state index in [1.807, 2.05) is 6.07 Å². The van der Waals surface area contributed by atoms with Gasteiger partial charge in [-0.15, -0.1) is 0 Å². The van der Waals surface area contributed by atoms with E-state index in [0.29, 0.717) is 0 Å². The summed E-state index contributed by atoms with van der Waals surface area (Å²) in [6.45, 7) is 0. The first kappa shape index (κ1) is 23.1. The minimum absolute atomic E-state index is 0.883. The maximum absolute atomic E-state index is 6.40. The van der Waals surface area contributed by atoms with Crippen LogP contribution in [0.5, 0.6) is 0 Å². The smallest absolute Gasteiger partial charge is 0.137 e. The fourth-order valence-electron chi connectivity index (χ4n) is 6.77. The van der Waals surface area contributed by atoms with Crippen LogP contribution in [0.1, 0.15) is 0 Å². The first-order chi connectivity index (χ1) is 20.8. The highest BCUT2D eigenvalue weighted by Crippen LogP contribution is 2.49. The van der Waals surface area contributed by atoms with Crippen LogP contribution in [0.2, 0.25) is 0 Å². The van der Waals surface area contributed by atoms with Crippen LogP contribution in [0.3, 0.4) is 0 Å². The normalized spacial score (nSPS) is 11.8. The number of hydrogen-bond donors (Lipinski definition) is 0. The van der Waals surface area contributed by atoms with Gasteiger partial charge < -0.3 is 9.32 Å². The fourth-order valence-corrected chi connectivity index (χ4v) is 6.77. The molecule has 8 aromatic carbocycles. The van der Waals surface area contributed by atoms with Crippen LogP contribution in [0.15, 0.2) is 156 Å². The number of anilines is 3. The Morgan fingerprint density at radius 2 is 0.786 bits per heavy atom. The van der Waals surface area contributed by atoms with Crippen molar-refractivity contribution in [3.05, 3.63) is 152 Å². The van der Waals surface area contributed by atoms with Crippen LogP contribution in [0, 0.1) is 0 Å².